The fourth-order valence-corrected chi connectivity index (χ4v) is 2.00. The molecule has 96 valence electrons. The first-order valence-corrected chi connectivity index (χ1v) is 6.44. The summed E-state index contributed by atoms with van der Waals surface area (Å²) in [5.41, 5.74) is 5.26. The zero-order valence-corrected chi connectivity index (χ0v) is 11.7. The van der Waals surface area contributed by atoms with E-state index in [9.17, 15) is 4.79 Å². The summed E-state index contributed by atoms with van der Waals surface area (Å²) in [4.78, 5) is 12.2. The highest BCUT2D eigenvalue weighted by Gasteiger charge is 1.98. The van der Waals surface area contributed by atoms with Gasteiger partial charge in [-0.3, -0.25) is 4.79 Å². The molecule has 1 amide bonds. The van der Waals surface area contributed by atoms with Gasteiger partial charge in [0.2, 0.25) is 5.91 Å². The molecule has 3 N–H and O–H groups in total. The fraction of sp³-hybridized carbons (Fsp3) is 0.364. The number of carbonyl (C=O) groups is 1. The summed E-state index contributed by atoms with van der Waals surface area (Å²) in [6.45, 7) is 1.06. The number of nitrogens with two attached hydrogens (primary N) is 1. The number of carbonyl (C=O) groups excluding carboxylic acids is 1. The molecule has 3 nitrogen and oxygen atoms in total. The summed E-state index contributed by atoms with van der Waals surface area (Å²) < 4.78 is 0. The van der Waals surface area contributed by atoms with E-state index in [-0.39, 0.29) is 18.3 Å². The van der Waals surface area contributed by atoms with E-state index in [1.54, 1.807) is 11.8 Å². The maximum atomic E-state index is 11.1. The van der Waals surface area contributed by atoms with Gasteiger partial charge in [0, 0.05) is 35.2 Å². The van der Waals surface area contributed by atoms with Crippen LogP contribution in [0.3, 0.4) is 0 Å². The molecule has 1 aromatic rings. The minimum atomic E-state index is 0. The van der Waals surface area contributed by atoms with Gasteiger partial charge in [0.15, 0.2) is 0 Å². The molecule has 1 rings (SSSR count). The van der Waals surface area contributed by atoms with E-state index in [1.165, 1.54) is 0 Å². The van der Waals surface area contributed by atoms with E-state index in [0.29, 0.717) is 19.5 Å². The molecule has 0 aliphatic carbocycles. The highest BCUT2D eigenvalue weighted by Crippen LogP contribution is 2.19. The lowest BCUT2D eigenvalue weighted by atomic mass is 10.4. The Bertz CT molecular complexity index is 333. The van der Waals surface area contributed by atoms with Crippen LogP contribution in [0.1, 0.15) is 6.42 Å². The van der Waals surface area contributed by atoms with Crippen LogP contribution in [0.5, 0.6) is 0 Å². The summed E-state index contributed by atoms with van der Waals surface area (Å²) in [7, 11) is 0. The lowest BCUT2D eigenvalue weighted by Gasteiger charge is -2.04. The number of nitrogens with one attached hydrogen (secondary N) is 1. The third kappa shape index (κ3) is 7.49. The smallest absolute Gasteiger partial charge is 0.221 e. The second-order valence-electron chi connectivity index (χ2n) is 3.19. The van der Waals surface area contributed by atoms with Gasteiger partial charge in [-0.2, -0.15) is 0 Å². The van der Waals surface area contributed by atoms with Gasteiger partial charge >= 0.3 is 0 Å². The topological polar surface area (TPSA) is 55.1 Å². The van der Waals surface area contributed by atoms with Crippen molar-refractivity contribution < 1.29 is 4.79 Å². The van der Waals surface area contributed by atoms with Gasteiger partial charge in [0.1, 0.15) is 0 Å². The molecule has 0 heterocycles. The molecule has 6 heteroatoms. The molecule has 0 saturated carbocycles. The lowest BCUT2D eigenvalue weighted by Crippen LogP contribution is -2.27. The Hall–Kier alpha value is -0.420. The van der Waals surface area contributed by atoms with Gasteiger partial charge in [-0.15, -0.1) is 24.2 Å². The van der Waals surface area contributed by atoms with E-state index < -0.39 is 0 Å². The zero-order chi connectivity index (χ0) is 11.8. The number of benzene rings is 1. The Morgan fingerprint density at radius 1 is 1.35 bits per heavy atom. The largest absolute Gasteiger partial charge is 0.355 e. The summed E-state index contributed by atoms with van der Waals surface area (Å²) >= 11 is 7.46. The van der Waals surface area contributed by atoms with Crippen LogP contribution in [0, 0.1) is 0 Å². The van der Waals surface area contributed by atoms with Crippen molar-refractivity contribution in [2.45, 2.75) is 11.3 Å². The number of amides is 1. The Balaban J connectivity index is 0.00000256. The molecule has 0 unspecified atom stereocenters. The average molecular weight is 295 g/mol. The van der Waals surface area contributed by atoms with Gasteiger partial charge in [-0.05, 0) is 24.3 Å². The molecule has 0 atom stereocenters. The standard InChI is InChI=1S/C11H15ClN2OS.ClH/c12-9-1-3-10(4-2-9)16-8-7-14-11(15)5-6-13;/h1-4H,5-8,13H2,(H,14,15);1H. The van der Waals surface area contributed by atoms with Gasteiger partial charge in [-0.1, -0.05) is 11.6 Å². The van der Waals surface area contributed by atoms with Gasteiger partial charge in [0.05, 0.1) is 0 Å². The van der Waals surface area contributed by atoms with E-state index in [2.05, 4.69) is 5.32 Å². The first kappa shape index (κ1) is 16.6. The predicted molar refractivity (Wildman–Crippen MR) is 76.1 cm³/mol. The van der Waals surface area contributed by atoms with Crippen molar-refractivity contribution in [1.82, 2.24) is 5.32 Å². The minimum Gasteiger partial charge on any atom is -0.355 e. The second kappa shape index (κ2) is 9.59. The third-order valence-electron chi connectivity index (χ3n) is 1.88. The summed E-state index contributed by atoms with van der Waals surface area (Å²) in [5, 5.41) is 3.54. The van der Waals surface area contributed by atoms with E-state index in [0.717, 1.165) is 15.7 Å². The Kier molecular flexibility index (Phi) is 9.36. The molecular formula is C11H16Cl2N2OS. The Labute approximate surface area is 117 Å². The first-order chi connectivity index (χ1) is 7.72. The molecule has 0 fully saturated rings. The van der Waals surface area contributed by atoms with Gasteiger partial charge < -0.3 is 11.1 Å². The number of hydrogen-bond acceptors (Lipinski definition) is 3. The van der Waals surface area contributed by atoms with Crippen molar-refractivity contribution in [3.05, 3.63) is 29.3 Å². The quantitative estimate of drug-likeness (QED) is 0.625. The zero-order valence-electron chi connectivity index (χ0n) is 9.32. The molecule has 0 aliphatic rings. The van der Waals surface area contributed by atoms with Crippen LogP contribution in [0.4, 0.5) is 0 Å². The normalized spacial score (nSPS) is 9.53. The van der Waals surface area contributed by atoms with Crippen molar-refractivity contribution >= 4 is 41.7 Å². The highest BCUT2D eigenvalue weighted by molar-refractivity contribution is 7.99. The van der Waals surface area contributed by atoms with E-state index >= 15 is 0 Å². The van der Waals surface area contributed by atoms with Crippen molar-refractivity contribution in [1.29, 1.82) is 0 Å². The summed E-state index contributed by atoms with van der Waals surface area (Å²) in [6.07, 6.45) is 0.394. The van der Waals surface area contributed by atoms with Crippen LogP contribution >= 0.6 is 35.8 Å². The van der Waals surface area contributed by atoms with Crippen molar-refractivity contribution in [3.63, 3.8) is 0 Å². The molecule has 0 bridgehead atoms. The number of hydrogen-bond donors (Lipinski definition) is 2. The van der Waals surface area contributed by atoms with Gasteiger partial charge in [0.25, 0.3) is 0 Å². The molecule has 0 radical (unpaired) electrons. The van der Waals surface area contributed by atoms with Crippen LogP contribution in [0.15, 0.2) is 29.2 Å². The molecule has 0 aliphatic heterocycles. The summed E-state index contributed by atoms with van der Waals surface area (Å²) in [5.74, 6) is 0.858. The van der Waals surface area contributed by atoms with Crippen LogP contribution in [0.2, 0.25) is 5.02 Å². The number of thioether (sulfide) groups is 1. The second-order valence-corrected chi connectivity index (χ2v) is 4.80. The van der Waals surface area contributed by atoms with Crippen molar-refractivity contribution in [2.75, 3.05) is 18.8 Å². The van der Waals surface area contributed by atoms with Crippen molar-refractivity contribution in [2.24, 2.45) is 5.73 Å². The maximum absolute atomic E-state index is 11.1. The molecule has 17 heavy (non-hydrogen) atoms. The lowest BCUT2D eigenvalue weighted by molar-refractivity contribution is -0.120. The van der Waals surface area contributed by atoms with Crippen LogP contribution in [-0.4, -0.2) is 24.7 Å². The number of halogens is 2. The van der Waals surface area contributed by atoms with Crippen LogP contribution in [-0.2, 0) is 4.79 Å². The first-order valence-electron chi connectivity index (χ1n) is 5.07. The monoisotopic (exact) mass is 294 g/mol. The average Bonchev–Trinajstić information content (AvgIpc) is 2.27. The predicted octanol–water partition coefficient (Wildman–Crippen LogP) is 2.32. The van der Waals surface area contributed by atoms with Crippen LogP contribution < -0.4 is 11.1 Å². The highest BCUT2D eigenvalue weighted by atomic mass is 35.5. The molecule has 0 spiro atoms. The molecule has 0 aromatic heterocycles. The van der Waals surface area contributed by atoms with E-state index in [4.69, 9.17) is 17.3 Å². The Morgan fingerprint density at radius 2 is 2.00 bits per heavy atom. The van der Waals surface area contributed by atoms with Gasteiger partial charge in [-0.25, -0.2) is 0 Å². The molecule has 1 aromatic carbocycles. The third-order valence-corrected chi connectivity index (χ3v) is 3.14. The molecular weight excluding hydrogens is 279 g/mol. The van der Waals surface area contributed by atoms with Crippen molar-refractivity contribution in [3.8, 4) is 0 Å². The van der Waals surface area contributed by atoms with Crippen LogP contribution in [0.25, 0.3) is 0 Å². The fourth-order valence-electron chi connectivity index (χ4n) is 1.11. The maximum Gasteiger partial charge on any atom is 0.221 e. The summed E-state index contributed by atoms with van der Waals surface area (Å²) in [6, 6.07) is 7.65. The number of rotatable bonds is 6. The molecule has 0 saturated heterocycles. The Morgan fingerprint density at radius 3 is 2.59 bits per heavy atom. The minimum absolute atomic E-state index is 0. The van der Waals surface area contributed by atoms with E-state index in [1.807, 2.05) is 24.3 Å². The SMILES string of the molecule is Cl.NCCC(=O)NCCSc1ccc(Cl)cc1.